The van der Waals surface area contributed by atoms with Crippen LogP contribution >= 0.6 is 0 Å². The molecule has 0 bridgehead atoms. The summed E-state index contributed by atoms with van der Waals surface area (Å²) in [5.41, 5.74) is 5.29. The normalized spacial score (nSPS) is 40.7. The number of hydrogen-bond acceptors (Lipinski definition) is 2. The minimum atomic E-state index is -0.502. The maximum Gasteiger partial charge on any atom is 0.104 e. The smallest absolute Gasteiger partial charge is 0.104 e. The standard InChI is InChI=1S/C8H14N2/c1-7-3-2-4-8(10,5-7)6-9/h7H,2-5,10H2,1H3/t7?,8-/m1/s1. The molecule has 0 saturated heterocycles. The zero-order chi connectivity index (χ0) is 7.61. The Hall–Kier alpha value is -0.550. The van der Waals surface area contributed by atoms with Gasteiger partial charge in [-0.15, -0.1) is 0 Å². The van der Waals surface area contributed by atoms with Crippen molar-refractivity contribution in [3.63, 3.8) is 0 Å². The molecule has 0 aliphatic heterocycles. The molecule has 1 rings (SSSR count). The number of nitrogens with two attached hydrogens (primary N) is 1. The fourth-order valence-corrected chi connectivity index (χ4v) is 1.69. The predicted molar refractivity (Wildman–Crippen MR) is 40.2 cm³/mol. The van der Waals surface area contributed by atoms with Crippen LogP contribution in [0.3, 0.4) is 0 Å². The molecule has 1 aliphatic rings. The Balaban J connectivity index is 2.56. The zero-order valence-corrected chi connectivity index (χ0v) is 6.43. The molecular formula is C8H14N2. The highest BCUT2D eigenvalue weighted by atomic mass is 14.7. The Morgan fingerprint density at radius 1 is 1.70 bits per heavy atom. The minimum absolute atomic E-state index is 0.502. The van der Waals surface area contributed by atoms with Gasteiger partial charge in [-0.25, -0.2) is 0 Å². The van der Waals surface area contributed by atoms with E-state index in [0.29, 0.717) is 5.92 Å². The molecule has 1 unspecified atom stereocenters. The van der Waals surface area contributed by atoms with E-state index in [9.17, 15) is 0 Å². The van der Waals surface area contributed by atoms with Gasteiger partial charge in [-0.2, -0.15) is 5.26 Å². The summed E-state index contributed by atoms with van der Waals surface area (Å²) in [5, 5.41) is 8.69. The highest BCUT2D eigenvalue weighted by Crippen LogP contribution is 2.29. The summed E-state index contributed by atoms with van der Waals surface area (Å²) in [5.74, 6) is 0.637. The summed E-state index contributed by atoms with van der Waals surface area (Å²) >= 11 is 0. The molecule has 1 fully saturated rings. The van der Waals surface area contributed by atoms with Crippen LogP contribution in [-0.2, 0) is 0 Å². The Morgan fingerprint density at radius 2 is 2.40 bits per heavy atom. The monoisotopic (exact) mass is 138 g/mol. The second-order valence-electron chi connectivity index (χ2n) is 3.47. The third-order valence-electron chi connectivity index (χ3n) is 2.26. The van der Waals surface area contributed by atoms with Crippen molar-refractivity contribution in [2.75, 3.05) is 0 Å². The van der Waals surface area contributed by atoms with Gasteiger partial charge in [0.2, 0.25) is 0 Å². The highest BCUT2D eigenvalue weighted by molar-refractivity contribution is 5.06. The molecule has 0 radical (unpaired) electrons. The molecule has 0 aromatic rings. The number of rotatable bonds is 0. The van der Waals surface area contributed by atoms with Gasteiger partial charge in [0.1, 0.15) is 5.54 Å². The van der Waals surface area contributed by atoms with E-state index < -0.39 is 5.54 Å². The van der Waals surface area contributed by atoms with Crippen molar-refractivity contribution in [2.45, 2.75) is 38.1 Å². The second-order valence-corrected chi connectivity index (χ2v) is 3.47. The molecule has 2 atom stereocenters. The van der Waals surface area contributed by atoms with Gasteiger partial charge in [-0.05, 0) is 18.8 Å². The molecule has 0 aromatic carbocycles. The van der Waals surface area contributed by atoms with E-state index in [2.05, 4.69) is 13.0 Å². The lowest BCUT2D eigenvalue weighted by Crippen LogP contribution is -2.42. The molecule has 0 heterocycles. The molecule has 0 aromatic heterocycles. The second kappa shape index (κ2) is 2.59. The molecular weight excluding hydrogens is 124 g/mol. The molecule has 2 N–H and O–H groups in total. The fraction of sp³-hybridized carbons (Fsp3) is 0.875. The summed E-state index contributed by atoms with van der Waals surface area (Å²) in [6.07, 6.45) is 4.11. The van der Waals surface area contributed by atoms with Crippen molar-refractivity contribution in [2.24, 2.45) is 11.7 Å². The number of nitriles is 1. The molecule has 0 spiro atoms. The maximum absolute atomic E-state index is 8.69. The van der Waals surface area contributed by atoms with Crippen LogP contribution < -0.4 is 5.73 Å². The molecule has 1 aliphatic carbocycles. The SMILES string of the molecule is CC1CCC[C@](N)(C#N)C1. The van der Waals surface area contributed by atoms with Gasteiger partial charge in [0.25, 0.3) is 0 Å². The molecule has 56 valence electrons. The lowest BCUT2D eigenvalue weighted by Gasteiger charge is -2.30. The van der Waals surface area contributed by atoms with Crippen LogP contribution in [0.25, 0.3) is 0 Å². The van der Waals surface area contributed by atoms with Crippen LogP contribution in [0.2, 0.25) is 0 Å². The van der Waals surface area contributed by atoms with Crippen LogP contribution in [0.4, 0.5) is 0 Å². The van der Waals surface area contributed by atoms with Crippen LogP contribution in [0.1, 0.15) is 32.6 Å². The third kappa shape index (κ3) is 1.48. The zero-order valence-electron chi connectivity index (χ0n) is 6.43. The topological polar surface area (TPSA) is 49.8 Å². The van der Waals surface area contributed by atoms with Crippen LogP contribution in [0.15, 0.2) is 0 Å². The molecule has 2 heteroatoms. The van der Waals surface area contributed by atoms with Crippen LogP contribution in [-0.4, -0.2) is 5.54 Å². The summed E-state index contributed by atoms with van der Waals surface area (Å²) in [4.78, 5) is 0. The minimum Gasteiger partial charge on any atom is -0.313 e. The van der Waals surface area contributed by atoms with E-state index in [1.165, 1.54) is 6.42 Å². The third-order valence-corrected chi connectivity index (χ3v) is 2.26. The van der Waals surface area contributed by atoms with Crippen molar-refractivity contribution < 1.29 is 0 Å². The quantitative estimate of drug-likeness (QED) is 0.550. The van der Waals surface area contributed by atoms with Crippen LogP contribution in [0, 0.1) is 17.2 Å². The van der Waals surface area contributed by atoms with E-state index in [-0.39, 0.29) is 0 Å². The van der Waals surface area contributed by atoms with Crippen molar-refractivity contribution in [3.8, 4) is 6.07 Å². The van der Waals surface area contributed by atoms with E-state index in [4.69, 9.17) is 11.0 Å². The van der Waals surface area contributed by atoms with Gasteiger partial charge in [0.15, 0.2) is 0 Å². The van der Waals surface area contributed by atoms with Gasteiger partial charge in [-0.1, -0.05) is 19.8 Å². The van der Waals surface area contributed by atoms with E-state index >= 15 is 0 Å². The first-order valence-electron chi connectivity index (χ1n) is 3.86. The van der Waals surface area contributed by atoms with Gasteiger partial charge in [0, 0.05) is 0 Å². The fourth-order valence-electron chi connectivity index (χ4n) is 1.69. The van der Waals surface area contributed by atoms with Crippen molar-refractivity contribution in [3.05, 3.63) is 0 Å². The van der Waals surface area contributed by atoms with Gasteiger partial charge >= 0.3 is 0 Å². The Labute approximate surface area is 62.0 Å². The van der Waals surface area contributed by atoms with E-state index in [1.807, 2.05) is 0 Å². The predicted octanol–water partition coefficient (Wildman–Crippen LogP) is 1.42. The van der Waals surface area contributed by atoms with E-state index in [1.54, 1.807) is 0 Å². The lowest BCUT2D eigenvalue weighted by molar-refractivity contribution is 0.290. The Kier molecular flexibility index (Phi) is 1.96. The Morgan fingerprint density at radius 3 is 2.80 bits per heavy atom. The highest BCUT2D eigenvalue weighted by Gasteiger charge is 2.30. The molecule has 2 nitrogen and oxygen atoms in total. The van der Waals surface area contributed by atoms with Gasteiger partial charge < -0.3 is 5.73 Å². The summed E-state index contributed by atoms with van der Waals surface area (Å²) in [6.45, 7) is 2.16. The average molecular weight is 138 g/mol. The number of nitrogens with zero attached hydrogens (tertiary/aromatic N) is 1. The summed E-state index contributed by atoms with van der Waals surface area (Å²) in [7, 11) is 0. The van der Waals surface area contributed by atoms with Gasteiger partial charge in [-0.3, -0.25) is 0 Å². The van der Waals surface area contributed by atoms with Crippen molar-refractivity contribution in [1.82, 2.24) is 0 Å². The largest absolute Gasteiger partial charge is 0.313 e. The molecule has 0 amide bonds. The first kappa shape index (κ1) is 7.56. The first-order chi connectivity index (χ1) is 4.66. The number of hydrogen-bond donors (Lipinski definition) is 1. The summed E-state index contributed by atoms with van der Waals surface area (Å²) in [6, 6.07) is 2.19. The first-order valence-corrected chi connectivity index (χ1v) is 3.86. The Bertz CT molecular complexity index is 159. The molecule has 1 saturated carbocycles. The molecule has 10 heavy (non-hydrogen) atoms. The van der Waals surface area contributed by atoms with Gasteiger partial charge in [0.05, 0.1) is 6.07 Å². The van der Waals surface area contributed by atoms with Crippen LogP contribution in [0.5, 0.6) is 0 Å². The lowest BCUT2D eigenvalue weighted by atomic mass is 9.78. The van der Waals surface area contributed by atoms with Crippen molar-refractivity contribution >= 4 is 0 Å². The van der Waals surface area contributed by atoms with E-state index in [0.717, 1.165) is 19.3 Å². The maximum atomic E-state index is 8.69. The summed E-state index contributed by atoms with van der Waals surface area (Å²) < 4.78 is 0. The average Bonchev–Trinajstić information content (AvgIpc) is 1.88. The van der Waals surface area contributed by atoms with Crippen molar-refractivity contribution in [1.29, 1.82) is 5.26 Å².